The highest BCUT2D eigenvalue weighted by molar-refractivity contribution is 6.26. The summed E-state index contributed by atoms with van der Waals surface area (Å²) in [4.78, 5) is 57.8. The number of alkyl halides is 4. The van der Waals surface area contributed by atoms with Crippen LogP contribution in [-0.2, 0) is 22.5 Å². The predicted molar refractivity (Wildman–Crippen MR) is 182 cm³/mol. The van der Waals surface area contributed by atoms with E-state index in [0.29, 0.717) is 44.4 Å². The van der Waals surface area contributed by atoms with Crippen LogP contribution in [0.3, 0.4) is 0 Å². The van der Waals surface area contributed by atoms with E-state index in [-0.39, 0.29) is 72.4 Å². The number of amides is 2. The van der Waals surface area contributed by atoms with Gasteiger partial charge in [-0.3, -0.25) is 14.4 Å². The van der Waals surface area contributed by atoms with Crippen LogP contribution in [0.4, 0.5) is 24.8 Å². The highest BCUT2D eigenvalue weighted by Crippen LogP contribution is 2.41. The van der Waals surface area contributed by atoms with Gasteiger partial charge in [0.05, 0.1) is 29.5 Å². The summed E-state index contributed by atoms with van der Waals surface area (Å²) in [7, 11) is 0. The topological polar surface area (TPSA) is 163 Å². The number of aryl methyl sites for hydroxylation is 1. The Morgan fingerprint density at radius 1 is 1.10 bits per heavy atom. The minimum absolute atomic E-state index is 0.00805. The smallest absolute Gasteiger partial charge is 0.412 e. The van der Waals surface area contributed by atoms with E-state index in [4.69, 9.17) is 21.3 Å². The number of carbonyl (C=O) groups is 2. The Labute approximate surface area is 300 Å². The van der Waals surface area contributed by atoms with E-state index in [1.807, 2.05) is 16.7 Å². The second-order valence-electron chi connectivity index (χ2n) is 14.0. The summed E-state index contributed by atoms with van der Waals surface area (Å²) in [5.41, 5.74) is -0.182. The second-order valence-corrected chi connectivity index (χ2v) is 14.8. The van der Waals surface area contributed by atoms with Crippen molar-refractivity contribution >= 4 is 40.8 Å². The summed E-state index contributed by atoms with van der Waals surface area (Å²) in [6, 6.07) is 0. The van der Waals surface area contributed by atoms with Crippen molar-refractivity contribution in [3.05, 3.63) is 57.2 Å². The Morgan fingerprint density at radius 3 is 2.44 bits per heavy atom. The first-order valence-electron chi connectivity index (χ1n) is 17.0. The lowest BCUT2D eigenvalue weighted by Gasteiger charge is -2.37. The molecule has 1 unspecified atom stereocenters. The van der Waals surface area contributed by atoms with Crippen LogP contribution in [0.2, 0.25) is 0 Å². The number of nitrogens with zero attached hydrogens (tertiary/aromatic N) is 9. The van der Waals surface area contributed by atoms with Crippen LogP contribution in [0.1, 0.15) is 48.6 Å². The van der Waals surface area contributed by atoms with Crippen molar-refractivity contribution in [2.45, 2.75) is 57.6 Å². The molecule has 15 nitrogen and oxygen atoms in total. The molecule has 0 aromatic carbocycles. The standard InChI is InChI=1S/C33H38ClF3N10O5/c1-4-21-25(43-9-11-44(12-10-43)27(50)24-26(49)19(2)38-18-39-24)28(51)47-30(41-29(42-47)45-8-7-32(15-45)16-52-17-32)46(21)14-23(48)40-22-6-5-20(33(35,36)37)13-31(22,3)34/h5-6,18,49H,4,7-17H2,1-3H3,(H,40,48). The number of hydrogen-bond donors (Lipinski definition) is 2. The third-order valence-electron chi connectivity index (χ3n) is 10.3. The fourth-order valence-electron chi connectivity index (χ4n) is 7.26. The quantitative estimate of drug-likeness (QED) is 0.342. The lowest BCUT2D eigenvalue weighted by molar-refractivity contribution is -0.121. The molecule has 3 aromatic heterocycles. The van der Waals surface area contributed by atoms with Crippen LogP contribution in [-0.4, -0.2) is 114 Å². The van der Waals surface area contributed by atoms with Gasteiger partial charge in [0.15, 0.2) is 11.4 Å². The van der Waals surface area contributed by atoms with Gasteiger partial charge in [0.25, 0.3) is 11.5 Å². The molecule has 2 amide bonds. The minimum Gasteiger partial charge on any atom is -0.504 e. The van der Waals surface area contributed by atoms with Crippen molar-refractivity contribution in [1.29, 1.82) is 0 Å². The van der Waals surface area contributed by atoms with E-state index < -0.39 is 40.4 Å². The number of anilines is 2. The lowest BCUT2D eigenvalue weighted by atomic mass is 9.85. The van der Waals surface area contributed by atoms with Gasteiger partial charge in [0.1, 0.15) is 18.6 Å². The molecule has 1 atom stereocenters. The third kappa shape index (κ3) is 6.35. The zero-order valence-corrected chi connectivity index (χ0v) is 29.6. The Bertz CT molecular complexity index is 2060. The van der Waals surface area contributed by atoms with Crippen molar-refractivity contribution in [3.63, 3.8) is 0 Å². The fraction of sp³-hybridized carbons (Fsp3) is 0.545. The van der Waals surface area contributed by atoms with E-state index >= 15 is 0 Å². The molecule has 7 rings (SSSR count). The molecular formula is C33H38ClF3N10O5. The van der Waals surface area contributed by atoms with Gasteiger partial charge < -0.3 is 34.4 Å². The maximum Gasteiger partial charge on any atom is 0.412 e. The van der Waals surface area contributed by atoms with Crippen LogP contribution < -0.4 is 20.7 Å². The van der Waals surface area contributed by atoms with Gasteiger partial charge in [-0.05, 0) is 32.8 Å². The number of allylic oxidation sites excluding steroid dienone is 4. The van der Waals surface area contributed by atoms with Crippen LogP contribution in [0.15, 0.2) is 34.5 Å². The summed E-state index contributed by atoms with van der Waals surface area (Å²) in [5.74, 6) is -0.876. The van der Waals surface area contributed by atoms with Crippen LogP contribution in [0.25, 0.3) is 5.78 Å². The molecule has 3 saturated heterocycles. The SMILES string of the molecule is CCc1c(N2CCN(C(=O)c3ncnc(C)c3O)CC2)c(=O)n2nc(N3CCC4(COC4)C3)nc2n1CC(=O)NC1=CC=C(C(F)(F)F)CC1(C)Cl. The largest absolute Gasteiger partial charge is 0.504 e. The number of ether oxygens (including phenoxy) is 1. The van der Waals surface area contributed by atoms with Crippen molar-refractivity contribution in [2.75, 3.05) is 62.3 Å². The van der Waals surface area contributed by atoms with E-state index in [1.165, 1.54) is 22.7 Å². The highest BCUT2D eigenvalue weighted by atomic mass is 35.5. The van der Waals surface area contributed by atoms with Crippen molar-refractivity contribution < 1.29 is 32.6 Å². The number of aromatic nitrogens is 6. The van der Waals surface area contributed by atoms with Crippen LogP contribution in [0.5, 0.6) is 5.75 Å². The zero-order valence-electron chi connectivity index (χ0n) is 28.8. The Hall–Kier alpha value is -4.71. The molecule has 3 aliphatic heterocycles. The molecule has 6 heterocycles. The highest BCUT2D eigenvalue weighted by Gasteiger charge is 2.46. The minimum atomic E-state index is -4.56. The van der Waals surface area contributed by atoms with Crippen molar-refractivity contribution in [1.82, 2.24) is 39.3 Å². The van der Waals surface area contributed by atoms with Crippen LogP contribution >= 0.6 is 11.6 Å². The summed E-state index contributed by atoms with van der Waals surface area (Å²) in [6.07, 6.45) is -0.617. The molecule has 1 aliphatic carbocycles. The van der Waals surface area contributed by atoms with E-state index in [1.54, 1.807) is 11.5 Å². The maximum atomic E-state index is 14.3. The molecule has 19 heteroatoms. The van der Waals surface area contributed by atoms with Gasteiger partial charge in [0.2, 0.25) is 17.6 Å². The first kappa shape index (κ1) is 35.7. The zero-order chi connectivity index (χ0) is 37.2. The number of hydrogen-bond acceptors (Lipinski definition) is 11. The normalized spacial score (nSPS) is 21.7. The van der Waals surface area contributed by atoms with Gasteiger partial charge >= 0.3 is 6.18 Å². The number of piperazine rings is 1. The molecule has 0 bridgehead atoms. The molecule has 0 saturated carbocycles. The fourth-order valence-corrected chi connectivity index (χ4v) is 7.51. The number of aromatic hydroxyl groups is 1. The maximum absolute atomic E-state index is 14.3. The van der Waals surface area contributed by atoms with E-state index in [0.717, 1.165) is 18.6 Å². The molecular weight excluding hydrogens is 709 g/mol. The van der Waals surface area contributed by atoms with Gasteiger partial charge in [-0.1, -0.05) is 13.0 Å². The summed E-state index contributed by atoms with van der Waals surface area (Å²) >= 11 is 6.52. The van der Waals surface area contributed by atoms with E-state index in [9.17, 15) is 32.7 Å². The van der Waals surface area contributed by atoms with Gasteiger partial charge in [-0.15, -0.1) is 16.7 Å². The van der Waals surface area contributed by atoms with E-state index in [2.05, 4.69) is 20.4 Å². The van der Waals surface area contributed by atoms with Crippen molar-refractivity contribution in [3.8, 4) is 5.75 Å². The molecule has 1 spiro atoms. The molecule has 278 valence electrons. The number of rotatable bonds is 7. The summed E-state index contributed by atoms with van der Waals surface area (Å²) in [6.45, 7) is 7.96. The Morgan fingerprint density at radius 2 is 1.83 bits per heavy atom. The number of carbonyl (C=O) groups excluding carboxylic acids is 2. The molecule has 52 heavy (non-hydrogen) atoms. The van der Waals surface area contributed by atoms with Gasteiger partial charge in [-0.25, -0.2) is 9.97 Å². The number of nitrogens with one attached hydrogen (secondary N) is 1. The van der Waals surface area contributed by atoms with Gasteiger partial charge in [0, 0.05) is 62.4 Å². The number of fused-ring (bicyclic) bond motifs is 1. The third-order valence-corrected chi connectivity index (χ3v) is 10.6. The van der Waals surface area contributed by atoms with Crippen LogP contribution in [0, 0.1) is 12.3 Å². The molecule has 0 radical (unpaired) electrons. The molecule has 2 N–H and O–H groups in total. The molecule has 3 fully saturated rings. The number of halogens is 4. The summed E-state index contributed by atoms with van der Waals surface area (Å²) in [5, 5.41) is 17.7. The first-order valence-corrected chi connectivity index (χ1v) is 17.4. The first-order chi connectivity index (χ1) is 24.6. The molecule has 4 aliphatic rings. The Balaban J connectivity index is 1.22. The lowest BCUT2D eigenvalue weighted by Crippen LogP contribution is -2.51. The predicted octanol–water partition coefficient (Wildman–Crippen LogP) is 2.34. The monoisotopic (exact) mass is 746 g/mol. The van der Waals surface area contributed by atoms with Crippen molar-refractivity contribution in [2.24, 2.45) is 5.41 Å². The molecule has 3 aromatic rings. The second kappa shape index (κ2) is 13.1. The summed E-state index contributed by atoms with van der Waals surface area (Å²) < 4.78 is 48.5. The van der Waals surface area contributed by atoms with Gasteiger partial charge in [-0.2, -0.15) is 22.7 Å². The average Bonchev–Trinajstić information content (AvgIpc) is 3.74. The Kier molecular flexibility index (Phi) is 8.96. The average molecular weight is 747 g/mol.